The number of carbonyl (C=O) groups excluding carboxylic acids is 2. The highest BCUT2D eigenvalue weighted by Gasteiger charge is 2.24. The summed E-state index contributed by atoms with van der Waals surface area (Å²) in [6.07, 6.45) is 55.0. The summed E-state index contributed by atoms with van der Waals surface area (Å²) < 4.78 is 5.87. The Hall–Kier alpha value is -2.96. The van der Waals surface area contributed by atoms with Crippen molar-refractivity contribution in [2.75, 3.05) is 6.61 Å². The predicted octanol–water partition coefficient (Wildman–Crippen LogP) is 13.2. The van der Waals surface area contributed by atoms with E-state index in [2.05, 4.69) is 99.0 Å². The molecule has 0 bridgehead atoms. The van der Waals surface area contributed by atoms with Crippen molar-refractivity contribution in [3.8, 4) is 0 Å². The zero-order valence-corrected chi connectivity index (χ0v) is 36.2. The molecule has 1 amide bonds. The van der Waals surface area contributed by atoms with Crippen molar-refractivity contribution >= 4 is 11.9 Å². The number of nitrogens with one attached hydrogen (secondary N) is 1. The highest BCUT2D eigenvalue weighted by molar-refractivity contribution is 5.77. The van der Waals surface area contributed by atoms with Crippen molar-refractivity contribution in [1.29, 1.82) is 0 Å². The molecule has 0 aromatic heterocycles. The maximum atomic E-state index is 13.1. The Morgan fingerprint density at radius 2 is 1.05 bits per heavy atom. The third kappa shape index (κ3) is 37.9. The lowest BCUT2D eigenvalue weighted by molar-refractivity contribution is -0.151. The van der Waals surface area contributed by atoms with Crippen LogP contribution in [-0.4, -0.2) is 46.9 Å². The Morgan fingerprint density at radius 1 is 0.554 bits per heavy atom. The average molecular weight is 780 g/mol. The summed E-state index contributed by atoms with van der Waals surface area (Å²) in [5.41, 5.74) is 0. The standard InChI is InChI=1S/C50H85NO5/c1-4-7-10-13-16-19-22-23-24-25-26-28-31-34-37-40-43-50(55)56-46(41-38-35-32-29-27-20-17-14-11-8-5-2)44-49(54)51-47(45-52)48(53)42-39-36-33-30-21-18-15-12-9-6-3/h7-8,10-11,14,16-17,19-20,23-24,26-28,46-48,52-53H,4-6,9,12-13,15,18,21-22,25,29-45H2,1-3H3,(H,51,54)/b10-7+,11-8+,17-14+,19-16+,24-23+,27-20-,28-26+. The SMILES string of the molecule is CC/C=C/C=C/C=C\CCCCCC(CC(=O)NC(CO)C(O)CCCCCCCCCCCC)OC(=O)CCCCC/C=C/C/C=C/C/C=C/C/C=C/CC. The van der Waals surface area contributed by atoms with E-state index in [1.165, 1.54) is 44.9 Å². The van der Waals surface area contributed by atoms with Crippen molar-refractivity contribution in [2.45, 2.75) is 212 Å². The highest BCUT2D eigenvalue weighted by atomic mass is 16.5. The summed E-state index contributed by atoms with van der Waals surface area (Å²) in [4.78, 5) is 26.0. The van der Waals surface area contributed by atoms with Gasteiger partial charge >= 0.3 is 5.97 Å². The van der Waals surface area contributed by atoms with Crippen molar-refractivity contribution in [2.24, 2.45) is 0 Å². The largest absolute Gasteiger partial charge is 0.462 e. The van der Waals surface area contributed by atoms with Crippen LogP contribution in [0.3, 0.4) is 0 Å². The Bertz CT molecular complexity index is 1100. The van der Waals surface area contributed by atoms with Crippen LogP contribution in [0.5, 0.6) is 0 Å². The van der Waals surface area contributed by atoms with E-state index >= 15 is 0 Å². The molecular formula is C50H85NO5. The van der Waals surface area contributed by atoms with Gasteiger partial charge in [0.1, 0.15) is 6.10 Å². The van der Waals surface area contributed by atoms with E-state index in [4.69, 9.17) is 4.74 Å². The van der Waals surface area contributed by atoms with Gasteiger partial charge in [-0.25, -0.2) is 0 Å². The second-order valence-electron chi connectivity index (χ2n) is 15.1. The van der Waals surface area contributed by atoms with Gasteiger partial charge in [0.15, 0.2) is 0 Å². The number of aliphatic hydroxyl groups excluding tert-OH is 2. The zero-order chi connectivity index (χ0) is 41.0. The molecule has 0 heterocycles. The number of amides is 1. The van der Waals surface area contributed by atoms with Gasteiger partial charge in [0, 0.05) is 6.42 Å². The lowest BCUT2D eigenvalue weighted by Crippen LogP contribution is -2.46. The normalized spacial score (nSPS) is 14.2. The third-order valence-corrected chi connectivity index (χ3v) is 9.78. The average Bonchev–Trinajstić information content (AvgIpc) is 3.19. The van der Waals surface area contributed by atoms with Gasteiger partial charge in [0.05, 0.1) is 25.2 Å². The summed E-state index contributed by atoms with van der Waals surface area (Å²) in [7, 11) is 0. The molecule has 0 aliphatic carbocycles. The minimum Gasteiger partial charge on any atom is -0.462 e. The van der Waals surface area contributed by atoms with Crippen molar-refractivity contribution < 1.29 is 24.5 Å². The fourth-order valence-electron chi connectivity index (χ4n) is 6.36. The number of ether oxygens (including phenoxy) is 1. The third-order valence-electron chi connectivity index (χ3n) is 9.78. The molecule has 320 valence electrons. The maximum Gasteiger partial charge on any atom is 0.306 e. The molecule has 0 spiro atoms. The Labute approximate surface area is 344 Å². The topological polar surface area (TPSA) is 95.9 Å². The van der Waals surface area contributed by atoms with Crippen LogP contribution in [0.25, 0.3) is 0 Å². The first kappa shape index (κ1) is 53.0. The van der Waals surface area contributed by atoms with Crippen LogP contribution in [0.1, 0.15) is 194 Å². The van der Waals surface area contributed by atoms with Crippen molar-refractivity contribution in [3.05, 3.63) is 85.1 Å². The number of rotatable bonds is 39. The summed E-state index contributed by atoms with van der Waals surface area (Å²) in [6.45, 7) is 6.18. The number of allylic oxidation sites excluding steroid dienone is 14. The van der Waals surface area contributed by atoms with Crippen molar-refractivity contribution in [3.63, 3.8) is 0 Å². The number of carbonyl (C=O) groups is 2. The van der Waals surface area contributed by atoms with Crippen LogP contribution in [0.2, 0.25) is 0 Å². The summed E-state index contributed by atoms with van der Waals surface area (Å²) in [6, 6.07) is -0.721. The van der Waals surface area contributed by atoms with E-state index in [1.54, 1.807) is 0 Å². The van der Waals surface area contributed by atoms with Gasteiger partial charge in [0.25, 0.3) is 0 Å². The molecule has 0 aromatic carbocycles. The first-order valence-electron chi connectivity index (χ1n) is 22.8. The molecule has 3 N–H and O–H groups in total. The van der Waals surface area contributed by atoms with E-state index in [0.717, 1.165) is 103 Å². The van der Waals surface area contributed by atoms with E-state index in [0.29, 0.717) is 19.3 Å². The van der Waals surface area contributed by atoms with Gasteiger partial charge in [-0.05, 0) is 83.5 Å². The van der Waals surface area contributed by atoms with E-state index in [1.807, 2.05) is 12.2 Å². The molecule has 6 heteroatoms. The van der Waals surface area contributed by atoms with Crippen molar-refractivity contribution in [1.82, 2.24) is 5.32 Å². The van der Waals surface area contributed by atoms with Crippen LogP contribution in [0.15, 0.2) is 85.1 Å². The molecule has 56 heavy (non-hydrogen) atoms. The number of unbranched alkanes of at least 4 members (excludes halogenated alkanes) is 15. The van der Waals surface area contributed by atoms with Gasteiger partial charge in [-0.3, -0.25) is 9.59 Å². The highest BCUT2D eigenvalue weighted by Crippen LogP contribution is 2.16. The molecule has 6 nitrogen and oxygen atoms in total. The molecule has 0 aliphatic heterocycles. The lowest BCUT2D eigenvalue weighted by atomic mass is 10.0. The van der Waals surface area contributed by atoms with Gasteiger partial charge < -0.3 is 20.3 Å². The molecule has 0 rings (SSSR count). The van der Waals surface area contributed by atoms with Crippen LogP contribution >= 0.6 is 0 Å². The number of esters is 1. The predicted molar refractivity (Wildman–Crippen MR) is 241 cm³/mol. The fraction of sp³-hybridized carbons (Fsp3) is 0.680. The Kier molecular flexibility index (Phi) is 40.9. The summed E-state index contributed by atoms with van der Waals surface area (Å²) in [5, 5.41) is 23.6. The molecule has 0 saturated carbocycles. The van der Waals surface area contributed by atoms with E-state index in [-0.39, 0.29) is 24.9 Å². The quantitative estimate of drug-likeness (QED) is 0.0250. The lowest BCUT2D eigenvalue weighted by Gasteiger charge is -2.24. The second kappa shape index (κ2) is 43.2. The molecule has 0 fully saturated rings. The van der Waals surface area contributed by atoms with E-state index in [9.17, 15) is 19.8 Å². The summed E-state index contributed by atoms with van der Waals surface area (Å²) >= 11 is 0. The molecule has 0 aromatic rings. The summed E-state index contributed by atoms with van der Waals surface area (Å²) in [5.74, 6) is -0.556. The minimum atomic E-state index is -0.804. The zero-order valence-electron chi connectivity index (χ0n) is 36.2. The maximum absolute atomic E-state index is 13.1. The molecular weight excluding hydrogens is 695 g/mol. The number of aliphatic hydroxyl groups is 2. The first-order valence-corrected chi connectivity index (χ1v) is 22.8. The van der Waals surface area contributed by atoms with Crippen LogP contribution in [0.4, 0.5) is 0 Å². The van der Waals surface area contributed by atoms with Gasteiger partial charge in [0.2, 0.25) is 5.91 Å². The molecule has 3 atom stereocenters. The van der Waals surface area contributed by atoms with Crippen LogP contribution in [0, 0.1) is 0 Å². The number of hydrogen-bond donors (Lipinski definition) is 3. The Morgan fingerprint density at radius 3 is 1.66 bits per heavy atom. The monoisotopic (exact) mass is 780 g/mol. The first-order chi connectivity index (χ1) is 27.5. The smallest absolute Gasteiger partial charge is 0.306 e. The van der Waals surface area contributed by atoms with Gasteiger partial charge in [-0.2, -0.15) is 0 Å². The molecule has 0 aliphatic rings. The molecule has 0 radical (unpaired) electrons. The number of hydrogen-bond acceptors (Lipinski definition) is 5. The fourth-order valence-corrected chi connectivity index (χ4v) is 6.36. The van der Waals surface area contributed by atoms with Gasteiger partial charge in [-0.1, -0.05) is 183 Å². The van der Waals surface area contributed by atoms with Gasteiger partial charge in [-0.15, -0.1) is 0 Å². The second-order valence-corrected chi connectivity index (χ2v) is 15.1. The van der Waals surface area contributed by atoms with Crippen LogP contribution < -0.4 is 5.32 Å². The molecule has 0 saturated heterocycles. The van der Waals surface area contributed by atoms with Crippen LogP contribution in [-0.2, 0) is 14.3 Å². The Balaban J connectivity index is 4.69. The molecule has 3 unspecified atom stereocenters. The van der Waals surface area contributed by atoms with E-state index < -0.39 is 18.2 Å². The minimum absolute atomic E-state index is 0.0367.